The number of aryl methyl sites for hydroxylation is 1. The molecule has 0 unspecified atom stereocenters. The van der Waals surface area contributed by atoms with Crippen molar-refractivity contribution in [1.29, 1.82) is 0 Å². The van der Waals surface area contributed by atoms with Gasteiger partial charge in [0.1, 0.15) is 5.56 Å². The number of aromatic nitrogens is 2. The van der Waals surface area contributed by atoms with E-state index >= 15 is 0 Å². The molecule has 0 radical (unpaired) electrons. The highest BCUT2D eigenvalue weighted by molar-refractivity contribution is 5.93. The summed E-state index contributed by atoms with van der Waals surface area (Å²) in [4.78, 5) is 11.0. The average molecular weight is 167 g/mol. The van der Waals surface area contributed by atoms with E-state index in [1.54, 1.807) is 6.92 Å². The van der Waals surface area contributed by atoms with Gasteiger partial charge < -0.3 is 10.5 Å². The Morgan fingerprint density at radius 3 is 2.83 bits per heavy atom. The van der Waals surface area contributed by atoms with Crippen LogP contribution < -0.4 is 5.73 Å². The SMILES string of the molecule is COC(=O)c1cc(C)nnc1N. The van der Waals surface area contributed by atoms with Gasteiger partial charge in [0.2, 0.25) is 0 Å². The number of carbonyl (C=O) groups is 1. The molecule has 0 saturated carbocycles. The van der Waals surface area contributed by atoms with Crippen LogP contribution in [0.5, 0.6) is 0 Å². The van der Waals surface area contributed by atoms with Crippen molar-refractivity contribution in [1.82, 2.24) is 10.2 Å². The summed E-state index contributed by atoms with van der Waals surface area (Å²) in [5.41, 5.74) is 6.28. The minimum absolute atomic E-state index is 0.0902. The molecule has 1 rings (SSSR count). The quantitative estimate of drug-likeness (QED) is 0.602. The molecule has 0 aliphatic rings. The second-order valence-corrected chi connectivity index (χ2v) is 2.28. The van der Waals surface area contributed by atoms with Crippen LogP contribution in [0.1, 0.15) is 16.1 Å². The number of hydrogen-bond donors (Lipinski definition) is 1. The van der Waals surface area contributed by atoms with Gasteiger partial charge in [-0.3, -0.25) is 0 Å². The summed E-state index contributed by atoms with van der Waals surface area (Å²) < 4.78 is 4.49. The number of methoxy groups -OCH3 is 1. The highest BCUT2D eigenvalue weighted by Crippen LogP contribution is 2.08. The molecule has 0 saturated heterocycles. The average Bonchev–Trinajstić information content (AvgIpc) is 2.08. The summed E-state index contributed by atoms with van der Waals surface area (Å²) in [6.07, 6.45) is 0. The molecule has 12 heavy (non-hydrogen) atoms. The van der Waals surface area contributed by atoms with Gasteiger partial charge in [-0.05, 0) is 13.0 Å². The number of nitrogen functional groups attached to an aromatic ring is 1. The molecule has 64 valence electrons. The largest absolute Gasteiger partial charge is 0.465 e. The molecule has 0 spiro atoms. The number of ether oxygens (including phenoxy) is 1. The van der Waals surface area contributed by atoms with E-state index in [0.29, 0.717) is 5.69 Å². The molecule has 0 amide bonds. The molecule has 0 atom stereocenters. The van der Waals surface area contributed by atoms with E-state index in [2.05, 4.69) is 14.9 Å². The Hall–Kier alpha value is -1.65. The molecule has 0 bridgehead atoms. The van der Waals surface area contributed by atoms with Crippen molar-refractivity contribution < 1.29 is 9.53 Å². The zero-order valence-electron chi connectivity index (χ0n) is 6.87. The monoisotopic (exact) mass is 167 g/mol. The van der Waals surface area contributed by atoms with E-state index in [1.165, 1.54) is 13.2 Å². The van der Waals surface area contributed by atoms with Crippen molar-refractivity contribution >= 4 is 11.8 Å². The van der Waals surface area contributed by atoms with Gasteiger partial charge in [0.05, 0.1) is 12.8 Å². The first kappa shape index (κ1) is 8.45. The minimum atomic E-state index is -0.495. The summed E-state index contributed by atoms with van der Waals surface area (Å²) >= 11 is 0. The molecular formula is C7H9N3O2. The van der Waals surface area contributed by atoms with Gasteiger partial charge in [0.25, 0.3) is 0 Å². The normalized spacial score (nSPS) is 9.50. The van der Waals surface area contributed by atoms with Gasteiger partial charge in [-0.25, -0.2) is 4.79 Å². The van der Waals surface area contributed by atoms with Gasteiger partial charge >= 0.3 is 5.97 Å². The standard InChI is InChI=1S/C7H9N3O2/c1-4-3-5(7(11)12-2)6(8)10-9-4/h3H,1-2H3,(H2,8,10). The first-order chi connectivity index (χ1) is 5.65. The van der Waals surface area contributed by atoms with E-state index in [0.717, 1.165) is 0 Å². The zero-order chi connectivity index (χ0) is 9.14. The summed E-state index contributed by atoms with van der Waals surface area (Å²) in [5, 5.41) is 7.25. The number of nitrogens with zero attached hydrogens (tertiary/aromatic N) is 2. The fourth-order valence-electron chi connectivity index (χ4n) is 0.772. The highest BCUT2D eigenvalue weighted by atomic mass is 16.5. The van der Waals surface area contributed by atoms with Crippen LogP contribution in [-0.4, -0.2) is 23.3 Å². The molecule has 1 heterocycles. The number of rotatable bonds is 1. The molecule has 0 aliphatic carbocycles. The maximum absolute atomic E-state index is 11.0. The van der Waals surface area contributed by atoms with Crippen molar-refractivity contribution in [3.8, 4) is 0 Å². The Kier molecular flexibility index (Phi) is 2.23. The van der Waals surface area contributed by atoms with Crippen LogP contribution in [0.3, 0.4) is 0 Å². The summed E-state index contributed by atoms with van der Waals surface area (Å²) in [7, 11) is 1.29. The predicted molar refractivity (Wildman–Crippen MR) is 42.5 cm³/mol. The van der Waals surface area contributed by atoms with Gasteiger partial charge in [-0.2, -0.15) is 5.10 Å². The van der Waals surface area contributed by atoms with Gasteiger partial charge in [0.15, 0.2) is 5.82 Å². The lowest BCUT2D eigenvalue weighted by Gasteiger charge is -2.01. The third-order valence-corrected chi connectivity index (χ3v) is 1.35. The molecule has 1 aromatic rings. The summed E-state index contributed by atoms with van der Waals surface area (Å²) in [6.45, 7) is 1.72. The lowest BCUT2D eigenvalue weighted by molar-refractivity contribution is 0.0601. The summed E-state index contributed by atoms with van der Waals surface area (Å²) in [5.74, 6) is -0.405. The van der Waals surface area contributed by atoms with E-state index in [1.807, 2.05) is 0 Å². The predicted octanol–water partition coefficient (Wildman–Crippen LogP) is 0.154. The molecule has 0 aliphatic heterocycles. The van der Waals surface area contributed by atoms with Crippen LogP contribution in [0.25, 0.3) is 0 Å². The fourth-order valence-corrected chi connectivity index (χ4v) is 0.772. The van der Waals surface area contributed by atoms with Crippen molar-refractivity contribution in [2.45, 2.75) is 6.92 Å². The van der Waals surface area contributed by atoms with Crippen molar-refractivity contribution in [3.05, 3.63) is 17.3 Å². The fraction of sp³-hybridized carbons (Fsp3) is 0.286. The van der Waals surface area contributed by atoms with E-state index in [9.17, 15) is 4.79 Å². The van der Waals surface area contributed by atoms with Crippen LogP contribution in [0.15, 0.2) is 6.07 Å². The number of nitrogens with two attached hydrogens (primary N) is 1. The van der Waals surface area contributed by atoms with Crippen molar-refractivity contribution in [2.75, 3.05) is 12.8 Å². The second kappa shape index (κ2) is 3.17. The topological polar surface area (TPSA) is 78.1 Å². The summed E-state index contributed by atoms with van der Waals surface area (Å²) in [6, 6.07) is 1.54. The maximum Gasteiger partial charge on any atom is 0.341 e. The Morgan fingerprint density at radius 1 is 1.58 bits per heavy atom. The number of anilines is 1. The van der Waals surface area contributed by atoms with E-state index in [-0.39, 0.29) is 11.4 Å². The number of carbonyl (C=O) groups excluding carboxylic acids is 1. The minimum Gasteiger partial charge on any atom is -0.465 e. The smallest absolute Gasteiger partial charge is 0.341 e. The molecule has 1 aromatic heterocycles. The van der Waals surface area contributed by atoms with Gasteiger partial charge in [-0.15, -0.1) is 5.10 Å². The molecule has 2 N–H and O–H groups in total. The van der Waals surface area contributed by atoms with Crippen LogP contribution in [0, 0.1) is 6.92 Å². The van der Waals surface area contributed by atoms with Crippen LogP contribution >= 0.6 is 0 Å². The maximum atomic E-state index is 11.0. The van der Waals surface area contributed by atoms with E-state index in [4.69, 9.17) is 5.73 Å². The molecular weight excluding hydrogens is 158 g/mol. The molecule has 0 fully saturated rings. The van der Waals surface area contributed by atoms with Crippen LogP contribution in [0.2, 0.25) is 0 Å². The molecule has 0 aromatic carbocycles. The highest BCUT2D eigenvalue weighted by Gasteiger charge is 2.11. The van der Waals surface area contributed by atoms with Gasteiger partial charge in [-0.1, -0.05) is 0 Å². The Balaban J connectivity index is 3.13. The lowest BCUT2D eigenvalue weighted by atomic mass is 10.2. The van der Waals surface area contributed by atoms with Crippen molar-refractivity contribution in [2.24, 2.45) is 0 Å². The third kappa shape index (κ3) is 1.50. The third-order valence-electron chi connectivity index (χ3n) is 1.35. The van der Waals surface area contributed by atoms with Crippen LogP contribution in [0.4, 0.5) is 5.82 Å². The van der Waals surface area contributed by atoms with Crippen LogP contribution in [-0.2, 0) is 4.74 Å². The Morgan fingerprint density at radius 2 is 2.25 bits per heavy atom. The first-order valence-corrected chi connectivity index (χ1v) is 3.33. The van der Waals surface area contributed by atoms with E-state index < -0.39 is 5.97 Å². The second-order valence-electron chi connectivity index (χ2n) is 2.28. The Bertz CT molecular complexity index is 312. The number of hydrogen-bond acceptors (Lipinski definition) is 5. The molecule has 5 heteroatoms. The zero-order valence-corrected chi connectivity index (χ0v) is 6.87. The number of esters is 1. The molecule has 5 nitrogen and oxygen atoms in total. The first-order valence-electron chi connectivity index (χ1n) is 3.33. The Labute approximate surface area is 69.5 Å². The van der Waals surface area contributed by atoms with Crippen molar-refractivity contribution in [3.63, 3.8) is 0 Å². The van der Waals surface area contributed by atoms with Gasteiger partial charge in [0, 0.05) is 0 Å². The lowest BCUT2D eigenvalue weighted by Crippen LogP contribution is -2.08.